The number of rotatable bonds is 6. The Morgan fingerprint density at radius 1 is 1.39 bits per heavy atom. The second-order valence-electron chi connectivity index (χ2n) is 7.49. The van der Waals surface area contributed by atoms with Gasteiger partial charge in [-0.3, -0.25) is 10.1 Å². The lowest BCUT2D eigenvalue weighted by Gasteiger charge is -2.20. The number of hydrogen-bond donors (Lipinski definition) is 2. The van der Waals surface area contributed by atoms with Crippen molar-refractivity contribution in [3.63, 3.8) is 0 Å². The number of carbonyl (C=O) groups excluding carboxylic acids is 1. The molecule has 2 N–H and O–H groups in total. The molecule has 9 nitrogen and oxygen atoms in total. The van der Waals surface area contributed by atoms with Gasteiger partial charge in [-0.25, -0.2) is 4.79 Å². The van der Waals surface area contributed by atoms with E-state index in [4.69, 9.17) is 20.8 Å². The Hall–Kier alpha value is -2.85. The number of carbonyl (C=O) groups is 1. The molecule has 0 radical (unpaired) electrons. The average molecular weight is 464 g/mol. The zero-order valence-electron chi connectivity index (χ0n) is 17.3. The molecule has 4 rings (SSSR count). The SMILES string of the molecule is COc1c(N[C@H]2CCC[C@H]2C)cc(C(=O)Nc2nnc(-c3c(Cl)ccn3C)s2)oc1=O. The third-order valence-corrected chi connectivity index (χ3v) is 6.56. The smallest absolute Gasteiger partial charge is 0.381 e. The van der Waals surface area contributed by atoms with Gasteiger partial charge in [-0.2, -0.15) is 0 Å². The maximum absolute atomic E-state index is 12.7. The lowest BCUT2D eigenvalue weighted by atomic mass is 10.1. The van der Waals surface area contributed by atoms with Crippen LogP contribution in [0, 0.1) is 5.92 Å². The number of halogens is 1. The highest BCUT2D eigenvalue weighted by Gasteiger charge is 2.26. The normalized spacial score (nSPS) is 18.2. The van der Waals surface area contributed by atoms with E-state index >= 15 is 0 Å². The molecule has 0 spiro atoms. The van der Waals surface area contributed by atoms with Crippen LogP contribution in [0.1, 0.15) is 36.7 Å². The van der Waals surface area contributed by atoms with Gasteiger partial charge < -0.3 is 19.0 Å². The van der Waals surface area contributed by atoms with E-state index in [9.17, 15) is 9.59 Å². The van der Waals surface area contributed by atoms with Gasteiger partial charge in [0.1, 0.15) is 0 Å². The molecule has 0 bridgehead atoms. The van der Waals surface area contributed by atoms with E-state index < -0.39 is 11.5 Å². The van der Waals surface area contributed by atoms with E-state index in [2.05, 4.69) is 27.8 Å². The highest BCUT2D eigenvalue weighted by Crippen LogP contribution is 2.33. The summed E-state index contributed by atoms with van der Waals surface area (Å²) in [7, 11) is 3.24. The summed E-state index contributed by atoms with van der Waals surface area (Å²) < 4.78 is 12.2. The molecule has 1 amide bonds. The van der Waals surface area contributed by atoms with Gasteiger partial charge in [-0.1, -0.05) is 36.3 Å². The molecule has 0 aromatic carbocycles. The summed E-state index contributed by atoms with van der Waals surface area (Å²) in [5.74, 6) is -0.249. The molecule has 1 fully saturated rings. The minimum Gasteiger partial charge on any atom is -0.488 e. The first-order valence-corrected chi connectivity index (χ1v) is 11.0. The molecular weight excluding hydrogens is 442 g/mol. The molecule has 3 heterocycles. The molecule has 3 aromatic heterocycles. The van der Waals surface area contributed by atoms with Crippen LogP contribution in [0.3, 0.4) is 0 Å². The summed E-state index contributed by atoms with van der Waals surface area (Å²) in [6.45, 7) is 2.15. The number of methoxy groups -OCH3 is 1. The minimum atomic E-state index is -0.725. The fourth-order valence-electron chi connectivity index (χ4n) is 3.73. The summed E-state index contributed by atoms with van der Waals surface area (Å²) in [6, 6.07) is 3.44. The molecular formula is C20H22ClN5O4S. The van der Waals surface area contributed by atoms with Gasteiger partial charge >= 0.3 is 5.63 Å². The quantitative estimate of drug-likeness (QED) is 0.568. The van der Waals surface area contributed by atoms with E-state index in [1.54, 1.807) is 6.07 Å². The van der Waals surface area contributed by atoms with Gasteiger partial charge in [0.15, 0.2) is 10.8 Å². The van der Waals surface area contributed by atoms with Crippen LogP contribution >= 0.6 is 22.9 Å². The van der Waals surface area contributed by atoms with E-state index in [0.717, 1.165) is 30.6 Å². The Morgan fingerprint density at radius 3 is 2.84 bits per heavy atom. The van der Waals surface area contributed by atoms with Gasteiger partial charge in [-0.15, -0.1) is 10.2 Å². The predicted molar refractivity (Wildman–Crippen MR) is 119 cm³/mol. The Kier molecular flexibility index (Phi) is 6.01. The first kappa shape index (κ1) is 21.4. The summed E-state index contributed by atoms with van der Waals surface area (Å²) >= 11 is 7.36. The van der Waals surface area contributed by atoms with Crippen LogP contribution in [0.15, 0.2) is 27.5 Å². The van der Waals surface area contributed by atoms with Crippen molar-refractivity contribution in [1.82, 2.24) is 14.8 Å². The molecule has 1 saturated carbocycles. The molecule has 0 aliphatic heterocycles. The molecule has 11 heteroatoms. The van der Waals surface area contributed by atoms with Gasteiger partial charge in [0.2, 0.25) is 10.9 Å². The summed E-state index contributed by atoms with van der Waals surface area (Å²) in [5, 5.41) is 15.4. The predicted octanol–water partition coefficient (Wildman–Crippen LogP) is 4.01. The zero-order valence-corrected chi connectivity index (χ0v) is 18.8. The molecule has 31 heavy (non-hydrogen) atoms. The Bertz CT molecular complexity index is 1150. The number of hydrogen-bond acceptors (Lipinski definition) is 8. The summed E-state index contributed by atoms with van der Waals surface area (Å²) in [4.78, 5) is 25.1. The van der Waals surface area contributed by atoms with Crippen molar-refractivity contribution in [2.75, 3.05) is 17.7 Å². The van der Waals surface area contributed by atoms with Crippen LogP contribution in [0.25, 0.3) is 10.7 Å². The summed E-state index contributed by atoms with van der Waals surface area (Å²) in [6.07, 6.45) is 5.02. The van der Waals surface area contributed by atoms with Crippen LogP contribution < -0.4 is 21.0 Å². The van der Waals surface area contributed by atoms with Crippen LogP contribution in [0.5, 0.6) is 5.75 Å². The fraction of sp³-hybridized carbons (Fsp3) is 0.400. The molecule has 3 aromatic rings. The number of amides is 1. The van der Waals surface area contributed by atoms with E-state index in [0.29, 0.717) is 27.3 Å². The van der Waals surface area contributed by atoms with Crippen molar-refractivity contribution in [2.24, 2.45) is 13.0 Å². The van der Waals surface area contributed by atoms with Crippen molar-refractivity contribution in [3.05, 3.63) is 39.5 Å². The topological polar surface area (TPSA) is 111 Å². The Labute approximate surface area is 187 Å². The number of ether oxygens (including phenoxy) is 1. The Morgan fingerprint density at radius 2 is 2.19 bits per heavy atom. The highest BCUT2D eigenvalue weighted by molar-refractivity contribution is 7.18. The van der Waals surface area contributed by atoms with E-state index in [-0.39, 0.29) is 22.7 Å². The van der Waals surface area contributed by atoms with Gasteiger partial charge in [0, 0.05) is 25.4 Å². The van der Waals surface area contributed by atoms with E-state index in [1.165, 1.54) is 13.2 Å². The standard InChI is InChI=1S/C20H22ClN5O4S/c1-10-5-4-6-12(10)22-13-9-14(30-19(28)16(13)29-3)17(27)23-20-25-24-18(31-20)15-11(21)7-8-26(15)2/h7-10,12,22H,4-6H2,1-3H3,(H,23,25,27)/t10-,12+/m1/s1. The summed E-state index contributed by atoms with van der Waals surface area (Å²) in [5.41, 5.74) is 0.417. The van der Waals surface area contributed by atoms with Crippen molar-refractivity contribution in [2.45, 2.75) is 32.2 Å². The molecule has 1 aliphatic carbocycles. The Balaban J connectivity index is 1.57. The second kappa shape index (κ2) is 8.72. The number of nitrogens with zero attached hydrogens (tertiary/aromatic N) is 3. The molecule has 0 unspecified atom stereocenters. The fourth-order valence-corrected chi connectivity index (χ4v) is 4.91. The first-order valence-electron chi connectivity index (χ1n) is 9.82. The number of aryl methyl sites for hydroxylation is 1. The van der Waals surface area contributed by atoms with Crippen molar-refractivity contribution in [1.29, 1.82) is 0 Å². The van der Waals surface area contributed by atoms with Gasteiger partial charge in [0.25, 0.3) is 5.91 Å². The monoisotopic (exact) mass is 463 g/mol. The van der Waals surface area contributed by atoms with Crippen LogP contribution in [0.2, 0.25) is 5.02 Å². The van der Waals surface area contributed by atoms with Crippen LogP contribution in [-0.2, 0) is 7.05 Å². The minimum absolute atomic E-state index is 0.0483. The average Bonchev–Trinajstić information content (AvgIpc) is 3.43. The lowest BCUT2D eigenvalue weighted by Crippen LogP contribution is -2.24. The highest BCUT2D eigenvalue weighted by atomic mass is 35.5. The maximum atomic E-state index is 12.7. The van der Waals surface area contributed by atoms with Crippen molar-refractivity contribution < 1.29 is 13.9 Å². The third-order valence-electron chi connectivity index (χ3n) is 5.41. The van der Waals surface area contributed by atoms with Crippen LogP contribution in [0.4, 0.5) is 10.8 Å². The molecule has 1 aliphatic rings. The molecule has 164 valence electrons. The van der Waals surface area contributed by atoms with Crippen molar-refractivity contribution >= 4 is 39.7 Å². The first-order chi connectivity index (χ1) is 14.9. The third kappa shape index (κ3) is 4.31. The van der Waals surface area contributed by atoms with Crippen molar-refractivity contribution in [3.8, 4) is 16.5 Å². The van der Waals surface area contributed by atoms with Crippen LogP contribution in [-0.4, -0.2) is 33.8 Å². The lowest BCUT2D eigenvalue weighted by molar-refractivity contribution is 0.0991. The number of anilines is 2. The zero-order chi connectivity index (χ0) is 22.1. The largest absolute Gasteiger partial charge is 0.488 e. The second-order valence-corrected chi connectivity index (χ2v) is 8.88. The van der Waals surface area contributed by atoms with Gasteiger partial charge in [-0.05, 0) is 24.8 Å². The molecule has 0 saturated heterocycles. The number of aromatic nitrogens is 3. The van der Waals surface area contributed by atoms with Gasteiger partial charge in [0.05, 0.1) is 23.5 Å². The van der Waals surface area contributed by atoms with E-state index in [1.807, 2.05) is 17.8 Å². The number of nitrogens with one attached hydrogen (secondary N) is 2. The molecule has 2 atom stereocenters. The maximum Gasteiger partial charge on any atom is 0.381 e.